The Morgan fingerprint density at radius 3 is 2.78 bits per heavy atom. The Bertz CT molecular complexity index is 362. The number of rotatable bonds is 5. The molecule has 4 nitrogen and oxygen atoms in total. The van der Waals surface area contributed by atoms with E-state index in [0.29, 0.717) is 0 Å². The van der Waals surface area contributed by atoms with Crippen LogP contribution in [0.5, 0.6) is 0 Å². The van der Waals surface area contributed by atoms with Gasteiger partial charge < -0.3 is 10.0 Å². The topological polar surface area (TPSA) is 49.2 Å². The summed E-state index contributed by atoms with van der Waals surface area (Å²) in [5.74, 6) is 0.968. The van der Waals surface area contributed by atoms with E-state index in [9.17, 15) is 5.11 Å². The molecule has 0 unspecified atom stereocenters. The minimum Gasteiger partial charge on any atom is -0.393 e. The number of nitrogens with zero attached hydrogens (tertiary/aromatic N) is 3. The van der Waals surface area contributed by atoms with Gasteiger partial charge >= 0.3 is 0 Å². The molecule has 0 amide bonds. The third-order valence-corrected chi connectivity index (χ3v) is 3.50. The predicted molar refractivity (Wildman–Crippen MR) is 72.7 cm³/mol. The highest BCUT2D eigenvalue weighted by Crippen LogP contribution is 2.17. The van der Waals surface area contributed by atoms with E-state index >= 15 is 0 Å². The van der Waals surface area contributed by atoms with Gasteiger partial charge in [-0.15, -0.1) is 0 Å². The van der Waals surface area contributed by atoms with Crippen LogP contribution < -0.4 is 4.90 Å². The van der Waals surface area contributed by atoms with E-state index in [-0.39, 0.29) is 6.10 Å². The first kappa shape index (κ1) is 13.3. The van der Waals surface area contributed by atoms with E-state index in [1.807, 2.05) is 12.4 Å². The van der Waals surface area contributed by atoms with Crippen LogP contribution in [0.25, 0.3) is 0 Å². The molecule has 0 atom stereocenters. The van der Waals surface area contributed by atoms with Crippen LogP contribution in [-0.2, 0) is 6.42 Å². The van der Waals surface area contributed by atoms with Crippen LogP contribution in [0.15, 0.2) is 12.4 Å². The maximum Gasteiger partial charge on any atom is 0.147 e. The average molecular weight is 249 g/mol. The number of hydrogen-bond acceptors (Lipinski definition) is 4. The summed E-state index contributed by atoms with van der Waals surface area (Å²) in [5.41, 5.74) is 1.09. The lowest BCUT2D eigenvalue weighted by atomic mass is 10.1. The number of unbranched alkanes of at least 4 members (excludes halogenated alkanes) is 2. The Hall–Kier alpha value is -1.16. The first-order chi connectivity index (χ1) is 8.79. The van der Waals surface area contributed by atoms with Gasteiger partial charge in [0.2, 0.25) is 0 Å². The molecule has 1 aliphatic rings. The van der Waals surface area contributed by atoms with Crippen molar-refractivity contribution < 1.29 is 5.11 Å². The fourth-order valence-electron chi connectivity index (χ4n) is 2.32. The zero-order valence-electron chi connectivity index (χ0n) is 11.2. The van der Waals surface area contributed by atoms with Gasteiger partial charge in [0.25, 0.3) is 0 Å². The summed E-state index contributed by atoms with van der Waals surface area (Å²) in [7, 11) is 0. The zero-order chi connectivity index (χ0) is 12.8. The summed E-state index contributed by atoms with van der Waals surface area (Å²) in [6, 6.07) is 0. The van der Waals surface area contributed by atoms with Crippen molar-refractivity contribution in [1.82, 2.24) is 9.97 Å². The Morgan fingerprint density at radius 2 is 2.06 bits per heavy atom. The molecular weight excluding hydrogens is 226 g/mol. The average Bonchev–Trinajstić information content (AvgIpc) is 2.40. The molecule has 0 aliphatic carbocycles. The number of hydrogen-bond donors (Lipinski definition) is 1. The van der Waals surface area contributed by atoms with Gasteiger partial charge in [-0.2, -0.15) is 0 Å². The molecule has 1 saturated heterocycles. The minimum atomic E-state index is -0.137. The molecule has 1 N–H and O–H groups in total. The zero-order valence-corrected chi connectivity index (χ0v) is 11.2. The number of piperidine rings is 1. The molecule has 0 aromatic carbocycles. The van der Waals surface area contributed by atoms with Crippen LogP contribution in [-0.4, -0.2) is 34.3 Å². The maximum absolute atomic E-state index is 9.51. The largest absolute Gasteiger partial charge is 0.393 e. The SMILES string of the molecule is CCCCCc1cncc(N2CCC(O)CC2)n1. The first-order valence-corrected chi connectivity index (χ1v) is 7.03. The van der Waals surface area contributed by atoms with Crippen molar-refractivity contribution >= 4 is 5.82 Å². The van der Waals surface area contributed by atoms with E-state index in [1.165, 1.54) is 19.3 Å². The molecule has 4 heteroatoms. The highest BCUT2D eigenvalue weighted by atomic mass is 16.3. The Morgan fingerprint density at radius 1 is 1.28 bits per heavy atom. The highest BCUT2D eigenvalue weighted by Gasteiger charge is 2.18. The molecule has 1 fully saturated rings. The number of aromatic nitrogens is 2. The Balaban J connectivity index is 1.94. The maximum atomic E-state index is 9.51. The van der Waals surface area contributed by atoms with Crippen LogP contribution in [0.4, 0.5) is 5.82 Å². The number of aliphatic hydroxyl groups excluding tert-OH is 1. The van der Waals surface area contributed by atoms with Gasteiger partial charge in [-0.25, -0.2) is 4.98 Å². The molecule has 0 spiro atoms. The van der Waals surface area contributed by atoms with E-state index < -0.39 is 0 Å². The molecule has 100 valence electrons. The number of anilines is 1. The van der Waals surface area contributed by atoms with E-state index in [2.05, 4.69) is 21.8 Å². The van der Waals surface area contributed by atoms with Crippen molar-refractivity contribution in [1.29, 1.82) is 0 Å². The van der Waals surface area contributed by atoms with Crippen LogP contribution in [0.2, 0.25) is 0 Å². The molecule has 18 heavy (non-hydrogen) atoms. The van der Waals surface area contributed by atoms with Crippen molar-refractivity contribution in [2.45, 2.75) is 51.6 Å². The van der Waals surface area contributed by atoms with E-state index in [0.717, 1.165) is 43.9 Å². The van der Waals surface area contributed by atoms with E-state index in [1.54, 1.807) is 0 Å². The summed E-state index contributed by atoms with van der Waals surface area (Å²) in [6.45, 7) is 3.98. The van der Waals surface area contributed by atoms with Gasteiger partial charge in [0.05, 0.1) is 18.0 Å². The quantitative estimate of drug-likeness (QED) is 0.813. The normalized spacial score (nSPS) is 17.1. The van der Waals surface area contributed by atoms with Gasteiger partial charge in [0.15, 0.2) is 0 Å². The van der Waals surface area contributed by atoms with Gasteiger partial charge in [0, 0.05) is 19.3 Å². The second-order valence-corrected chi connectivity index (χ2v) is 5.04. The third kappa shape index (κ3) is 3.67. The fourth-order valence-corrected chi connectivity index (χ4v) is 2.32. The molecule has 1 aromatic heterocycles. The summed E-state index contributed by atoms with van der Waals surface area (Å²) < 4.78 is 0. The second-order valence-electron chi connectivity index (χ2n) is 5.04. The van der Waals surface area contributed by atoms with Gasteiger partial charge in [-0.1, -0.05) is 19.8 Å². The van der Waals surface area contributed by atoms with Gasteiger partial charge in [0.1, 0.15) is 5.82 Å². The number of aliphatic hydroxyl groups is 1. The fraction of sp³-hybridized carbons (Fsp3) is 0.714. The van der Waals surface area contributed by atoms with Crippen LogP contribution in [0.3, 0.4) is 0 Å². The van der Waals surface area contributed by atoms with Gasteiger partial charge in [-0.3, -0.25) is 4.98 Å². The summed E-state index contributed by atoms with van der Waals surface area (Å²) >= 11 is 0. The predicted octanol–water partition coefficient (Wildman–Crippen LogP) is 2.17. The summed E-state index contributed by atoms with van der Waals surface area (Å²) in [5, 5.41) is 9.51. The minimum absolute atomic E-state index is 0.137. The van der Waals surface area contributed by atoms with Crippen molar-refractivity contribution in [2.24, 2.45) is 0 Å². The summed E-state index contributed by atoms with van der Waals surface area (Å²) in [6.07, 6.45) is 9.93. The molecule has 0 bridgehead atoms. The van der Waals surface area contributed by atoms with Gasteiger partial charge in [-0.05, 0) is 25.7 Å². The standard InChI is InChI=1S/C14H23N3O/c1-2-3-4-5-12-10-15-11-14(16-12)17-8-6-13(18)7-9-17/h10-11,13,18H,2-9H2,1H3. The van der Waals surface area contributed by atoms with Crippen molar-refractivity contribution in [3.8, 4) is 0 Å². The smallest absolute Gasteiger partial charge is 0.147 e. The highest BCUT2D eigenvalue weighted by molar-refractivity contribution is 5.36. The van der Waals surface area contributed by atoms with Crippen molar-refractivity contribution in [3.05, 3.63) is 18.1 Å². The molecule has 0 radical (unpaired) electrons. The molecule has 1 aromatic rings. The van der Waals surface area contributed by atoms with Crippen LogP contribution in [0, 0.1) is 0 Å². The molecule has 1 aliphatic heterocycles. The van der Waals surface area contributed by atoms with Crippen molar-refractivity contribution in [2.75, 3.05) is 18.0 Å². The second kappa shape index (κ2) is 6.69. The first-order valence-electron chi connectivity index (χ1n) is 7.03. The van der Waals surface area contributed by atoms with Crippen LogP contribution >= 0.6 is 0 Å². The number of aryl methyl sites for hydroxylation is 1. The Labute approximate surface area is 109 Å². The third-order valence-electron chi connectivity index (χ3n) is 3.50. The molecular formula is C14H23N3O. The monoisotopic (exact) mass is 249 g/mol. The van der Waals surface area contributed by atoms with Crippen LogP contribution in [0.1, 0.15) is 44.7 Å². The lowest BCUT2D eigenvalue weighted by Gasteiger charge is -2.30. The molecule has 2 rings (SSSR count). The summed E-state index contributed by atoms with van der Waals surface area (Å²) in [4.78, 5) is 11.2. The lowest BCUT2D eigenvalue weighted by molar-refractivity contribution is 0.145. The van der Waals surface area contributed by atoms with Crippen molar-refractivity contribution in [3.63, 3.8) is 0 Å². The Kier molecular flexibility index (Phi) is 4.93. The van der Waals surface area contributed by atoms with E-state index in [4.69, 9.17) is 0 Å². The molecule has 0 saturated carbocycles. The molecule has 2 heterocycles. The lowest BCUT2D eigenvalue weighted by Crippen LogP contribution is -2.36.